The van der Waals surface area contributed by atoms with Gasteiger partial charge in [0.15, 0.2) is 0 Å². The van der Waals surface area contributed by atoms with Gasteiger partial charge in [-0.3, -0.25) is 9.98 Å². The van der Waals surface area contributed by atoms with Crippen molar-refractivity contribution in [2.24, 2.45) is 15.9 Å². The maximum Gasteiger partial charge on any atom is 0.0805 e. The number of aliphatic imine (C=N–C) groups is 2. The Balaban J connectivity index is 2.32. The number of hydrogen-bond donors (Lipinski definition) is 0. The SMILES string of the molecule is C=C1C=CC2/C=C\C=NC(=C)CN=CC2=C1. The fourth-order valence-corrected chi connectivity index (χ4v) is 1.61. The maximum atomic E-state index is 4.32. The van der Waals surface area contributed by atoms with E-state index in [-0.39, 0.29) is 5.92 Å². The van der Waals surface area contributed by atoms with Crippen molar-refractivity contribution in [2.45, 2.75) is 0 Å². The van der Waals surface area contributed by atoms with E-state index in [1.54, 1.807) is 6.21 Å². The first-order valence-corrected chi connectivity index (χ1v) is 5.23. The molecule has 0 N–H and O–H groups in total. The van der Waals surface area contributed by atoms with Gasteiger partial charge in [-0.05, 0) is 23.3 Å². The van der Waals surface area contributed by atoms with Gasteiger partial charge in [0.2, 0.25) is 0 Å². The third kappa shape index (κ3) is 2.54. The Morgan fingerprint density at radius 2 is 2.12 bits per heavy atom. The highest BCUT2D eigenvalue weighted by molar-refractivity contribution is 5.83. The molecular weight excluding hydrogens is 196 g/mol. The second-order valence-electron chi connectivity index (χ2n) is 3.80. The first-order valence-electron chi connectivity index (χ1n) is 5.23. The molecule has 2 rings (SSSR count). The van der Waals surface area contributed by atoms with Crippen LogP contribution in [0.25, 0.3) is 0 Å². The van der Waals surface area contributed by atoms with E-state index in [1.807, 2.05) is 18.4 Å². The lowest BCUT2D eigenvalue weighted by molar-refractivity contribution is 1.00. The highest BCUT2D eigenvalue weighted by Gasteiger charge is 2.10. The Labute approximate surface area is 95.8 Å². The molecule has 0 amide bonds. The van der Waals surface area contributed by atoms with E-state index in [0.717, 1.165) is 16.8 Å². The largest absolute Gasteiger partial charge is 0.287 e. The smallest absolute Gasteiger partial charge is 0.0805 e. The Morgan fingerprint density at radius 1 is 1.25 bits per heavy atom. The van der Waals surface area contributed by atoms with Gasteiger partial charge in [0.1, 0.15) is 0 Å². The van der Waals surface area contributed by atoms with Crippen LogP contribution in [-0.2, 0) is 0 Å². The molecule has 80 valence electrons. The summed E-state index contributed by atoms with van der Waals surface area (Å²) in [7, 11) is 0. The minimum atomic E-state index is 0.270. The van der Waals surface area contributed by atoms with Crippen molar-refractivity contribution in [1.82, 2.24) is 0 Å². The lowest BCUT2D eigenvalue weighted by Crippen LogP contribution is -2.04. The molecule has 2 aliphatic rings. The van der Waals surface area contributed by atoms with E-state index >= 15 is 0 Å². The summed E-state index contributed by atoms with van der Waals surface area (Å²) in [5.41, 5.74) is 2.94. The van der Waals surface area contributed by atoms with Crippen molar-refractivity contribution in [3.8, 4) is 0 Å². The van der Waals surface area contributed by atoms with Crippen molar-refractivity contribution >= 4 is 12.4 Å². The van der Waals surface area contributed by atoms with E-state index < -0.39 is 0 Å². The van der Waals surface area contributed by atoms with Crippen LogP contribution < -0.4 is 0 Å². The molecule has 0 fully saturated rings. The van der Waals surface area contributed by atoms with Crippen LogP contribution in [-0.4, -0.2) is 19.0 Å². The van der Waals surface area contributed by atoms with E-state index in [2.05, 4.69) is 41.4 Å². The van der Waals surface area contributed by atoms with Crippen LogP contribution in [0.4, 0.5) is 0 Å². The molecule has 0 aromatic carbocycles. The van der Waals surface area contributed by atoms with Crippen molar-refractivity contribution in [1.29, 1.82) is 0 Å². The van der Waals surface area contributed by atoms with Crippen molar-refractivity contribution in [2.75, 3.05) is 6.54 Å². The number of allylic oxidation sites excluding steroid dienone is 7. The highest BCUT2D eigenvalue weighted by Crippen LogP contribution is 2.21. The van der Waals surface area contributed by atoms with Crippen molar-refractivity contribution < 1.29 is 0 Å². The molecule has 0 bridgehead atoms. The van der Waals surface area contributed by atoms with Gasteiger partial charge < -0.3 is 0 Å². The van der Waals surface area contributed by atoms with Gasteiger partial charge in [-0.1, -0.05) is 31.4 Å². The molecule has 0 saturated heterocycles. The minimum absolute atomic E-state index is 0.270. The molecule has 1 aliphatic carbocycles. The van der Waals surface area contributed by atoms with Gasteiger partial charge in [-0.25, -0.2) is 0 Å². The van der Waals surface area contributed by atoms with Crippen molar-refractivity contribution in [3.05, 3.63) is 60.4 Å². The molecule has 0 saturated carbocycles. The lowest BCUT2D eigenvalue weighted by Gasteiger charge is -2.14. The molecule has 1 atom stereocenters. The molecule has 1 unspecified atom stereocenters. The first kappa shape index (κ1) is 10.6. The highest BCUT2D eigenvalue weighted by atomic mass is 14.8. The van der Waals surface area contributed by atoms with Crippen LogP contribution in [0.15, 0.2) is 70.4 Å². The van der Waals surface area contributed by atoms with Crippen LogP contribution in [0, 0.1) is 5.92 Å². The summed E-state index contributed by atoms with van der Waals surface area (Å²) in [6.45, 7) is 8.28. The van der Waals surface area contributed by atoms with E-state index in [0.29, 0.717) is 6.54 Å². The lowest BCUT2D eigenvalue weighted by atomic mass is 9.92. The third-order valence-electron chi connectivity index (χ3n) is 2.43. The molecule has 2 heteroatoms. The van der Waals surface area contributed by atoms with Crippen LogP contribution >= 0.6 is 0 Å². The normalized spacial score (nSPS) is 26.2. The molecular formula is C14H14N2. The second kappa shape index (κ2) is 4.71. The topological polar surface area (TPSA) is 24.7 Å². The summed E-state index contributed by atoms with van der Waals surface area (Å²) in [4.78, 5) is 8.47. The number of rotatable bonds is 0. The van der Waals surface area contributed by atoms with Crippen LogP contribution in [0.2, 0.25) is 0 Å². The zero-order chi connectivity index (χ0) is 11.4. The van der Waals surface area contributed by atoms with Gasteiger partial charge in [0.25, 0.3) is 0 Å². The number of nitrogens with zero attached hydrogens (tertiary/aromatic N) is 2. The quantitative estimate of drug-likeness (QED) is 0.587. The standard InChI is InChI=1S/C14H14N2/c1-11-5-6-13-4-3-7-16-12(2)9-15-10-14(13)8-11/h3-8,10,13H,1-2,9H2/b4-3-,15-10?,16-7?. The molecule has 0 radical (unpaired) electrons. The van der Waals surface area contributed by atoms with Crippen LogP contribution in [0.1, 0.15) is 0 Å². The van der Waals surface area contributed by atoms with Crippen LogP contribution in [0.3, 0.4) is 0 Å². The van der Waals surface area contributed by atoms with Gasteiger partial charge in [0, 0.05) is 18.3 Å². The Hall–Kier alpha value is -1.96. The molecule has 0 aromatic rings. The summed E-state index contributed by atoms with van der Waals surface area (Å²) in [5.74, 6) is 0.270. The summed E-state index contributed by atoms with van der Waals surface area (Å²) < 4.78 is 0. The van der Waals surface area contributed by atoms with Crippen LogP contribution in [0.5, 0.6) is 0 Å². The molecule has 1 heterocycles. The summed E-state index contributed by atoms with van der Waals surface area (Å²) in [6, 6.07) is 0. The average Bonchev–Trinajstić information content (AvgIpc) is 2.27. The fraction of sp³-hybridized carbons (Fsp3) is 0.143. The summed E-state index contributed by atoms with van der Waals surface area (Å²) >= 11 is 0. The predicted octanol–water partition coefficient (Wildman–Crippen LogP) is 2.88. The van der Waals surface area contributed by atoms with Gasteiger partial charge >= 0.3 is 0 Å². The third-order valence-corrected chi connectivity index (χ3v) is 2.43. The zero-order valence-electron chi connectivity index (χ0n) is 9.13. The molecule has 0 spiro atoms. The monoisotopic (exact) mass is 210 g/mol. The van der Waals surface area contributed by atoms with Crippen molar-refractivity contribution in [3.63, 3.8) is 0 Å². The van der Waals surface area contributed by atoms with Gasteiger partial charge in [-0.15, -0.1) is 0 Å². The van der Waals surface area contributed by atoms with Gasteiger partial charge in [-0.2, -0.15) is 0 Å². The summed E-state index contributed by atoms with van der Waals surface area (Å²) in [5, 5.41) is 0. The Morgan fingerprint density at radius 3 is 3.00 bits per heavy atom. The Bertz CT molecular complexity index is 459. The second-order valence-corrected chi connectivity index (χ2v) is 3.80. The molecule has 1 aliphatic heterocycles. The zero-order valence-corrected chi connectivity index (χ0v) is 9.13. The molecule has 2 nitrogen and oxygen atoms in total. The summed E-state index contributed by atoms with van der Waals surface area (Å²) in [6.07, 6.45) is 13.9. The number of fused-ring (bicyclic) bond motifs is 1. The maximum absolute atomic E-state index is 4.32. The molecule has 16 heavy (non-hydrogen) atoms. The minimum Gasteiger partial charge on any atom is -0.287 e. The first-order chi connectivity index (χ1) is 7.75. The fourth-order valence-electron chi connectivity index (χ4n) is 1.61. The van der Waals surface area contributed by atoms with E-state index in [1.165, 1.54) is 0 Å². The predicted molar refractivity (Wildman–Crippen MR) is 70.0 cm³/mol. The van der Waals surface area contributed by atoms with E-state index in [4.69, 9.17) is 0 Å². The Kier molecular flexibility index (Phi) is 3.10. The number of hydrogen-bond acceptors (Lipinski definition) is 2. The van der Waals surface area contributed by atoms with Gasteiger partial charge in [0.05, 0.1) is 12.2 Å². The average molecular weight is 210 g/mol. The molecule has 0 aromatic heterocycles. The van der Waals surface area contributed by atoms with E-state index in [9.17, 15) is 0 Å².